The highest BCUT2D eigenvalue weighted by Gasteiger charge is 2.17. The number of benzene rings is 2. The molecule has 92 valence electrons. The molecule has 0 saturated heterocycles. The fourth-order valence-corrected chi connectivity index (χ4v) is 3.11. The molecule has 0 N–H and O–H groups in total. The Hall–Kier alpha value is -1.28. The lowest BCUT2D eigenvalue weighted by Gasteiger charge is -2.32. The molecule has 1 heterocycles. The molecule has 0 amide bonds. The van der Waals surface area contributed by atoms with Crippen molar-refractivity contribution in [1.29, 1.82) is 0 Å². The molecule has 2 aromatic rings. The van der Waals surface area contributed by atoms with Gasteiger partial charge in [-0.25, -0.2) is 0 Å². The summed E-state index contributed by atoms with van der Waals surface area (Å²) in [4.78, 5) is 2.49. The van der Waals surface area contributed by atoms with Crippen molar-refractivity contribution in [2.75, 3.05) is 11.4 Å². The standard InChI is InChI=1S/C16H16BrN/c17-11-14-6-3-4-8-16(14)18-10-9-13-5-1-2-7-15(13)12-18/h1-8H,9-12H2. The normalized spacial score (nSPS) is 14.4. The fourth-order valence-electron chi connectivity index (χ4n) is 2.63. The van der Waals surface area contributed by atoms with Gasteiger partial charge in [0.2, 0.25) is 0 Å². The van der Waals surface area contributed by atoms with Crippen LogP contribution in [0, 0.1) is 0 Å². The number of anilines is 1. The molecule has 0 radical (unpaired) electrons. The first-order valence-corrected chi connectivity index (χ1v) is 7.46. The van der Waals surface area contributed by atoms with E-state index in [1.54, 1.807) is 0 Å². The van der Waals surface area contributed by atoms with E-state index < -0.39 is 0 Å². The number of hydrogen-bond donors (Lipinski definition) is 0. The van der Waals surface area contributed by atoms with E-state index in [9.17, 15) is 0 Å². The van der Waals surface area contributed by atoms with Crippen molar-refractivity contribution in [2.45, 2.75) is 18.3 Å². The second kappa shape index (κ2) is 5.15. The Morgan fingerprint density at radius 1 is 0.944 bits per heavy atom. The van der Waals surface area contributed by atoms with E-state index in [1.165, 1.54) is 22.4 Å². The Balaban J connectivity index is 1.92. The molecule has 1 nitrogen and oxygen atoms in total. The Bertz CT molecular complexity index is 550. The van der Waals surface area contributed by atoms with Crippen molar-refractivity contribution >= 4 is 21.6 Å². The highest BCUT2D eigenvalue weighted by atomic mass is 79.9. The number of fused-ring (bicyclic) bond motifs is 1. The summed E-state index contributed by atoms with van der Waals surface area (Å²) < 4.78 is 0. The Morgan fingerprint density at radius 3 is 2.50 bits per heavy atom. The maximum Gasteiger partial charge on any atom is 0.0432 e. The van der Waals surface area contributed by atoms with Gasteiger partial charge in [-0.15, -0.1) is 0 Å². The van der Waals surface area contributed by atoms with Crippen LogP contribution in [0.2, 0.25) is 0 Å². The predicted octanol–water partition coefficient (Wildman–Crippen LogP) is 4.14. The number of nitrogens with zero attached hydrogens (tertiary/aromatic N) is 1. The molecule has 2 aromatic carbocycles. The zero-order chi connectivity index (χ0) is 12.4. The molecular weight excluding hydrogens is 286 g/mol. The third-order valence-corrected chi connectivity index (χ3v) is 4.21. The van der Waals surface area contributed by atoms with Gasteiger partial charge in [-0.05, 0) is 29.2 Å². The minimum absolute atomic E-state index is 0.918. The van der Waals surface area contributed by atoms with E-state index in [2.05, 4.69) is 69.4 Å². The Morgan fingerprint density at radius 2 is 1.67 bits per heavy atom. The van der Waals surface area contributed by atoms with Crippen LogP contribution < -0.4 is 4.90 Å². The summed E-state index contributed by atoms with van der Waals surface area (Å²) in [5.74, 6) is 0. The van der Waals surface area contributed by atoms with Crippen LogP contribution in [0.25, 0.3) is 0 Å². The molecule has 0 spiro atoms. The van der Waals surface area contributed by atoms with Crippen molar-refractivity contribution in [3.63, 3.8) is 0 Å². The summed E-state index contributed by atoms with van der Waals surface area (Å²) in [6.45, 7) is 2.14. The van der Waals surface area contributed by atoms with Crippen LogP contribution in [-0.4, -0.2) is 6.54 Å². The van der Waals surface area contributed by atoms with Gasteiger partial charge in [0.05, 0.1) is 0 Å². The van der Waals surface area contributed by atoms with Gasteiger partial charge in [-0.1, -0.05) is 58.4 Å². The molecule has 1 aliphatic rings. The van der Waals surface area contributed by atoms with E-state index in [0.717, 1.165) is 24.8 Å². The summed E-state index contributed by atoms with van der Waals surface area (Å²) in [6.07, 6.45) is 1.15. The first-order chi connectivity index (χ1) is 8.88. The number of hydrogen-bond acceptors (Lipinski definition) is 1. The fraction of sp³-hybridized carbons (Fsp3) is 0.250. The molecule has 0 bridgehead atoms. The molecule has 3 rings (SSSR count). The van der Waals surface area contributed by atoms with Crippen LogP contribution in [0.4, 0.5) is 5.69 Å². The number of alkyl halides is 1. The summed E-state index contributed by atoms with van der Waals surface area (Å²) in [5.41, 5.74) is 5.71. The molecule has 0 fully saturated rings. The molecule has 18 heavy (non-hydrogen) atoms. The average Bonchev–Trinajstić information content (AvgIpc) is 2.46. The maximum absolute atomic E-state index is 3.58. The molecule has 0 aliphatic carbocycles. The lowest BCUT2D eigenvalue weighted by atomic mass is 9.99. The van der Waals surface area contributed by atoms with Crippen LogP contribution >= 0.6 is 15.9 Å². The smallest absolute Gasteiger partial charge is 0.0432 e. The highest BCUT2D eigenvalue weighted by Crippen LogP contribution is 2.28. The number of halogens is 1. The van der Waals surface area contributed by atoms with E-state index in [1.807, 2.05) is 0 Å². The minimum atomic E-state index is 0.918. The Labute approximate surface area is 117 Å². The molecule has 1 aliphatic heterocycles. The number of para-hydroxylation sites is 1. The SMILES string of the molecule is BrCc1ccccc1N1CCc2ccccc2C1. The van der Waals surface area contributed by atoms with Gasteiger partial charge in [-0.2, -0.15) is 0 Å². The van der Waals surface area contributed by atoms with Crippen molar-refractivity contribution in [2.24, 2.45) is 0 Å². The molecule has 0 atom stereocenters. The van der Waals surface area contributed by atoms with Crippen LogP contribution in [0.1, 0.15) is 16.7 Å². The van der Waals surface area contributed by atoms with Crippen LogP contribution in [-0.2, 0) is 18.3 Å². The predicted molar refractivity (Wildman–Crippen MR) is 80.3 cm³/mol. The van der Waals surface area contributed by atoms with Crippen molar-refractivity contribution in [1.82, 2.24) is 0 Å². The second-order valence-corrected chi connectivity index (χ2v) is 5.26. The second-order valence-electron chi connectivity index (χ2n) is 4.70. The summed E-state index contributed by atoms with van der Waals surface area (Å²) in [5, 5.41) is 0.918. The number of rotatable bonds is 2. The van der Waals surface area contributed by atoms with Crippen LogP contribution in [0.15, 0.2) is 48.5 Å². The zero-order valence-corrected chi connectivity index (χ0v) is 11.9. The van der Waals surface area contributed by atoms with Crippen molar-refractivity contribution < 1.29 is 0 Å². The first-order valence-electron chi connectivity index (χ1n) is 6.34. The molecule has 0 saturated carbocycles. The van der Waals surface area contributed by atoms with Crippen LogP contribution in [0.5, 0.6) is 0 Å². The molecule has 0 aromatic heterocycles. The summed E-state index contributed by atoms with van der Waals surface area (Å²) in [6, 6.07) is 17.4. The van der Waals surface area contributed by atoms with Gasteiger partial charge < -0.3 is 4.90 Å². The largest absolute Gasteiger partial charge is 0.367 e. The zero-order valence-electron chi connectivity index (χ0n) is 10.3. The van der Waals surface area contributed by atoms with Gasteiger partial charge in [0.1, 0.15) is 0 Å². The molecule has 2 heteroatoms. The third-order valence-electron chi connectivity index (χ3n) is 3.61. The lowest BCUT2D eigenvalue weighted by Crippen LogP contribution is -2.30. The maximum atomic E-state index is 3.58. The van der Waals surface area contributed by atoms with E-state index >= 15 is 0 Å². The van der Waals surface area contributed by atoms with E-state index in [4.69, 9.17) is 0 Å². The quantitative estimate of drug-likeness (QED) is 0.754. The van der Waals surface area contributed by atoms with Crippen LogP contribution in [0.3, 0.4) is 0 Å². The van der Waals surface area contributed by atoms with E-state index in [0.29, 0.717) is 0 Å². The molecular formula is C16H16BrN. The average molecular weight is 302 g/mol. The van der Waals surface area contributed by atoms with Gasteiger partial charge in [-0.3, -0.25) is 0 Å². The molecule has 0 unspecified atom stereocenters. The summed E-state index contributed by atoms with van der Waals surface area (Å²) in [7, 11) is 0. The minimum Gasteiger partial charge on any atom is -0.367 e. The Kier molecular flexibility index (Phi) is 3.37. The van der Waals surface area contributed by atoms with Gasteiger partial charge >= 0.3 is 0 Å². The van der Waals surface area contributed by atoms with Gasteiger partial charge in [0, 0.05) is 24.1 Å². The summed E-state index contributed by atoms with van der Waals surface area (Å²) >= 11 is 3.58. The lowest BCUT2D eigenvalue weighted by molar-refractivity contribution is 0.729. The monoisotopic (exact) mass is 301 g/mol. The van der Waals surface area contributed by atoms with E-state index in [-0.39, 0.29) is 0 Å². The topological polar surface area (TPSA) is 3.24 Å². The first kappa shape index (κ1) is 11.8. The highest BCUT2D eigenvalue weighted by molar-refractivity contribution is 9.08. The van der Waals surface area contributed by atoms with Gasteiger partial charge in [0.15, 0.2) is 0 Å². The third kappa shape index (κ3) is 2.17. The van der Waals surface area contributed by atoms with Gasteiger partial charge in [0.25, 0.3) is 0 Å². The van der Waals surface area contributed by atoms with Crippen molar-refractivity contribution in [3.8, 4) is 0 Å². The van der Waals surface area contributed by atoms with Crippen molar-refractivity contribution in [3.05, 3.63) is 65.2 Å².